The molecular weight excluding hydrogens is 349 g/mol. The zero-order chi connectivity index (χ0) is 17.1. The van der Waals surface area contributed by atoms with Crippen LogP contribution < -0.4 is 5.32 Å². The van der Waals surface area contributed by atoms with Gasteiger partial charge in [-0.3, -0.25) is 4.79 Å². The van der Waals surface area contributed by atoms with E-state index >= 15 is 0 Å². The van der Waals surface area contributed by atoms with Crippen molar-refractivity contribution in [3.63, 3.8) is 0 Å². The molecule has 0 aliphatic carbocycles. The van der Waals surface area contributed by atoms with Crippen molar-refractivity contribution in [1.29, 1.82) is 0 Å². The van der Waals surface area contributed by atoms with Crippen LogP contribution in [0.15, 0.2) is 42.6 Å². The number of hydrogen-bond acceptors (Lipinski definition) is 4. The van der Waals surface area contributed by atoms with Gasteiger partial charge in [0, 0.05) is 12.6 Å². The highest BCUT2D eigenvalue weighted by atomic mass is 35.5. The number of nitrogens with one attached hydrogen (secondary N) is 1. The molecule has 0 atom stereocenters. The van der Waals surface area contributed by atoms with Crippen molar-refractivity contribution < 1.29 is 4.79 Å². The standard InChI is InChI=1S/C16H13Cl2N5O/c1-2-13-21-15(16(24)20-11-7-5-9-19-14(11)18)22-23(13)12-8-4-3-6-10(12)17/h3-9H,2H2,1H3,(H,20,24). The van der Waals surface area contributed by atoms with Crippen molar-refractivity contribution in [3.8, 4) is 5.69 Å². The van der Waals surface area contributed by atoms with Gasteiger partial charge in [-0.1, -0.05) is 42.3 Å². The zero-order valence-electron chi connectivity index (χ0n) is 12.7. The maximum atomic E-state index is 12.4. The van der Waals surface area contributed by atoms with E-state index < -0.39 is 5.91 Å². The van der Waals surface area contributed by atoms with Gasteiger partial charge in [-0.25, -0.2) is 14.6 Å². The van der Waals surface area contributed by atoms with Crippen molar-refractivity contribution in [2.24, 2.45) is 0 Å². The fourth-order valence-electron chi connectivity index (χ4n) is 2.14. The predicted octanol–water partition coefficient (Wildman–Crippen LogP) is 3.78. The Bertz CT molecular complexity index is 894. The third-order valence-corrected chi connectivity index (χ3v) is 3.90. The Morgan fingerprint density at radius 2 is 2.00 bits per heavy atom. The van der Waals surface area contributed by atoms with Crippen molar-refractivity contribution in [2.45, 2.75) is 13.3 Å². The number of aromatic nitrogens is 4. The summed E-state index contributed by atoms with van der Waals surface area (Å²) in [5, 5.41) is 7.66. The Morgan fingerprint density at radius 3 is 2.71 bits per heavy atom. The first-order chi connectivity index (χ1) is 11.6. The molecule has 0 aliphatic rings. The van der Waals surface area contributed by atoms with Gasteiger partial charge in [-0.15, -0.1) is 5.10 Å². The van der Waals surface area contributed by atoms with Crippen LogP contribution in [0, 0.1) is 0 Å². The predicted molar refractivity (Wildman–Crippen MR) is 92.9 cm³/mol. The monoisotopic (exact) mass is 361 g/mol. The molecule has 24 heavy (non-hydrogen) atoms. The molecule has 0 fully saturated rings. The number of carbonyl (C=O) groups is 1. The number of amides is 1. The van der Waals surface area contributed by atoms with Crippen LogP contribution in [0.5, 0.6) is 0 Å². The van der Waals surface area contributed by atoms with Gasteiger partial charge in [0.1, 0.15) is 5.82 Å². The summed E-state index contributed by atoms with van der Waals surface area (Å²) >= 11 is 12.2. The molecule has 8 heteroatoms. The molecule has 1 aromatic carbocycles. The minimum atomic E-state index is -0.467. The molecule has 6 nitrogen and oxygen atoms in total. The summed E-state index contributed by atoms with van der Waals surface area (Å²) in [6.45, 7) is 1.93. The van der Waals surface area contributed by atoms with Crippen LogP contribution in [0.2, 0.25) is 10.2 Å². The molecule has 0 aliphatic heterocycles. The number of anilines is 1. The van der Waals surface area contributed by atoms with Crippen molar-refractivity contribution in [1.82, 2.24) is 19.7 Å². The number of pyridine rings is 1. The van der Waals surface area contributed by atoms with Gasteiger partial charge in [0.25, 0.3) is 5.91 Å². The molecule has 0 saturated heterocycles. The summed E-state index contributed by atoms with van der Waals surface area (Å²) in [6.07, 6.45) is 2.14. The number of benzene rings is 1. The maximum absolute atomic E-state index is 12.4. The molecule has 1 amide bonds. The van der Waals surface area contributed by atoms with E-state index in [-0.39, 0.29) is 11.0 Å². The van der Waals surface area contributed by atoms with Crippen molar-refractivity contribution >= 4 is 34.8 Å². The van der Waals surface area contributed by atoms with Gasteiger partial charge in [0.15, 0.2) is 5.15 Å². The summed E-state index contributed by atoms with van der Waals surface area (Å²) in [5.74, 6) is 0.197. The first-order valence-electron chi connectivity index (χ1n) is 7.23. The number of nitrogens with zero attached hydrogens (tertiary/aromatic N) is 4. The van der Waals surface area contributed by atoms with E-state index in [0.29, 0.717) is 28.6 Å². The average Bonchev–Trinajstić information content (AvgIpc) is 3.01. The van der Waals surface area contributed by atoms with E-state index in [1.165, 1.54) is 6.20 Å². The van der Waals surface area contributed by atoms with Crippen LogP contribution in [0.1, 0.15) is 23.4 Å². The summed E-state index contributed by atoms with van der Waals surface area (Å²) in [5.41, 5.74) is 1.07. The smallest absolute Gasteiger partial charge is 0.295 e. The fourth-order valence-corrected chi connectivity index (χ4v) is 2.53. The van der Waals surface area contributed by atoms with E-state index in [4.69, 9.17) is 23.2 Å². The lowest BCUT2D eigenvalue weighted by molar-refractivity contribution is 0.101. The van der Waals surface area contributed by atoms with E-state index in [2.05, 4.69) is 20.4 Å². The Hall–Kier alpha value is -2.44. The fraction of sp³-hybridized carbons (Fsp3) is 0.125. The summed E-state index contributed by atoms with van der Waals surface area (Å²) < 4.78 is 1.57. The number of halogens is 2. The molecular formula is C16H13Cl2N5O. The van der Waals surface area contributed by atoms with Crippen LogP contribution in [0.3, 0.4) is 0 Å². The second-order valence-electron chi connectivity index (χ2n) is 4.86. The second-order valence-corrected chi connectivity index (χ2v) is 5.63. The van der Waals surface area contributed by atoms with Crippen molar-refractivity contribution in [2.75, 3.05) is 5.32 Å². The van der Waals surface area contributed by atoms with E-state index in [0.717, 1.165) is 0 Å². The molecule has 3 rings (SSSR count). The molecule has 0 bridgehead atoms. The molecule has 1 N–H and O–H groups in total. The quantitative estimate of drug-likeness (QED) is 0.717. The van der Waals surface area contributed by atoms with Gasteiger partial charge in [-0.2, -0.15) is 0 Å². The first-order valence-corrected chi connectivity index (χ1v) is 7.98. The lowest BCUT2D eigenvalue weighted by atomic mass is 10.3. The van der Waals surface area contributed by atoms with Crippen LogP contribution in [0.4, 0.5) is 5.69 Å². The summed E-state index contributed by atoms with van der Waals surface area (Å²) in [4.78, 5) is 20.6. The number of rotatable bonds is 4. The minimum Gasteiger partial charge on any atom is -0.317 e. The topological polar surface area (TPSA) is 72.7 Å². The second kappa shape index (κ2) is 6.98. The number of para-hydroxylation sites is 1. The highest BCUT2D eigenvalue weighted by molar-refractivity contribution is 6.32. The molecule has 0 saturated carbocycles. The Labute approximate surface area is 148 Å². The molecule has 122 valence electrons. The molecule has 2 heterocycles. The van der Waals surface area contributed by atoms with Crippen LogP contribution in [-0.2, 0) is 6.42 Å². The van der Waals surface area contributed by atoms with Crippen LogP contribution in [-0.4, -0.2) is 25.7 Å². The van der Waals surface area contributed by atoms with Crippen LogP contribution in [0.25, 0.3) is 5.69 Å². The number of aryl methyl sites for hydroxylation is 1. The normalized spacial score (nSPS) is 10.6. The number of carbonyl (C=O) groups excluding carboxylic acids is 1. The minimum absolute atomic E-state index is 0.0340. The lowest BCUT2D eigenvalue weighted by Gasteiger charge is -2.05. The van der Waals surface area contributed by atoms with Gasteiger partial charge >= 0.3 is 0 Å². The summed E-state index contributed by atoms with van der Waals surface area (Å²) in [7, 11) is 0. The zero-order valence-corrected chi connectivity index (χ0v) is 14.2. The third-order valence-electron chi connectivity index (χ3n) is 3.28. The van der Waals surface area contributed by atoms with Gasteiger partial charge < -0.3 is 5.32 Å². The highest BCUT2D eigenvalue weighted by Gasteiger charge is 2.18. The summed E-state index contributed by atoms with van der Waals surface area (Å²) in [6, 6.07) is 10.6. The maximum Gasteiger partial charge on any atom is 0.295 e. The molecule has 0 spiro atoms. The SMILES string of the molecule is CCc1nc(C(=O)Nc2cccnc2Cl)nn1-c1ccccc1Cl. The first kappa shape index (κ1) is 16.4. The van der Waals surface area contributed by atoms with Gasteiger partial charge in [0.05, 0.1) is 16.4 Å². The van der Waals surface area contributed by atoms with E-state index in [1.54, 1.807) is 22.9 Å². The highest BCUT2D eigenvalue weighted by Crippen LogP contribution is 2.21. The Balaban J connectivity index is 1.94. The largest absolute Gasteiger partial charge is 0.317 e. The van der Waals surface area contributed by atoms with E-state index in [9.17, 15) is 4.79 Å². The van der Waals surface area contributed by atoms with Gasteiger partial charge in [-0.05, 0) is 24.3 Å². The Kier molecular flexibility index (Phi) is 4.78. The average molecular weight is 362 g/mol. The third kappa shape index (κ3) is 3.25. The van der Waals surface area contributed by atoms with Crippen molar-refractivity contribution in [3.05, 3.63) is 64.4 Å². The van der Waals surface area contributed by atoms with Crippen LogP contribution >= 0.6 is 23.2 Å². The molecule has 2 aromatic heterocycles. The van der Waals surface area contributed by atoms with E-state index in [1.807, 2.05) is 25.1 Å². The van der Waals surface area contributed by atoms with Gasteiger partial charge in [0.2, 0.25) is 5.82 Å². The Morgan fingerprint density at radius 1 is 1.21 bits per heavy atom. The lowest BCUT2D eigenvalue weighted by Crippen LogP contribution is -2.14. The molecule has 3 aromatic rings. The molecule has 0 radical (unpaired) electrons. The number of hydrogen-bond donors (Lipinski definition) is 1. The molecule has 0 unspecified atom stereocenters.